The first-order chi connectivity index (χ1) is 16.3. The molecule has 176 valence electrons. The van der Waals surface area contributed by atoms with Crippen LogP contribution in [0.25, 0.3) is 33.6 Å². The third-order valence-electron chi connectivity index (χ3n) is 6.42. The van der Waals surface area contributed by atoms with Crippen LogP contribution in [-0.2, 0) is 6.54 Å². The molecule has 0 radical (unpaired) electrons. The second kappa shape index (κ2) is 11.3. The van der Waals surface area contributed by atoms with E-state index in [1.165, 1.54) is 32.1 Å². The van der Waals surface area contributed by atoms with Crippen LogP contribution >= 0.6 is 12.4 Å². The van der Waals surface area contributed by atoms with Crippen LogP contribution < -0.4 is 10.5 Å². The highest BCUT2D eigenvalue weighted by atomic mass is 35.5. The van der Waals surface area contributed by atoms with E-state index in [-0.39, 0.29) is 12.4 Å². The molecule has 2 N–H and O–H groups in total. The van der Waals surface area contributed by atoms with E-state index in [1.54, 1.807) is 18.7 Å². The van der Waals surface area contributed by atoms with Crippen molar-refractivity contribution in [1.29, 1.82) is 0 Å². The molecule has 2 aromatic carbocycles. The maximum Gasteiger partial charge on any atom is 0.232 e. The van der Waals surface area contributed by atoms with Crippen LogP contribution in [0.15, 0.2) is 77.7 Å². The summed E-state index contributed by atoms with van der Waals surface area (Å²) < 4.78 is 11.3. The number of nitrogens with two attached hydrogens (primary N) is 1. The molecule has 0 aliphatic heterocycles. The summed E-state index contributed by atoms with van der Waals surface area (Å²) in [4.78, 5) is 9.69. The van der Waals surface area contributed by atoms with Crippen LogP contribution in [0.3, 0.4) is 0 Å². The number of halogens is 1. The summed E-state index contributed by atoms with van der Waals surface area (Å²) in [5.41, 5.74) is 12.7. The Labute approximate surface area is 206 Å². The Morgan fingerprint density at radius 1 is 0.824 bits per heavy atom. The molecule has 34 heavy (non-hydrogen) atoms. The topological polar surface area (TPSA) is 74.2 Å². The minimum Gasteiger partial charge on any atom is -0.476 e. The average Bonchev–Trinajstić information content (AvgIpc) is 3.43. The van der Waals surface area contributed by atoms with Gasteiger partial charge in [-0.05, 0) is 36.0 Å². The number of nitrogens with zero attached hydrogens (tertiary/aromatic N) is 2. The van der Waals surface area contributed by atoms with E-state index < -0.39 is 0 Å². The van der Waals surface area contributed by atoms with Crippen LogP contribution in [0, 0.1) is 5.92 Å². The molecule has 1 saturated carbocycles. The lowest BCUT2D eigenvalue weighted by Crippen LogP contribution is -2.16. The number of hydrogen-bond donors (Lipinski definition) is 1. The van der Waals surface area contributed by atoms with E-state index in [0.717, 1.165) is 39.2 Å². The van der Waals surface area contributed by atoms with E-state index >= 15 is 0 Å². The van der Waals surface area contributed by atoms with E-state index in [1.807, 2.05) is 18.2 Å². The largest absolute Gasteiger partial charge is 0.476 e. The molecule has 5 nitrogen and oxygen atoms in total. The van der Waals surface area contributed by atoms with Gasteiger partial charge in [-0.3, -0.25) is 0 Å². The highest BCUT2D eigenvalue weighted by Crippen LogP contribution is 2.32. The quantitative estimate of drug-likeness (QED) is 0.314. The standard InChI is InChI=1S/C28H29N3O2.ClH/c29-16-20-6-8-23(9-7-20)27-28(24-12-10-22(11-13-24)25-14-15-32-19-25)31-26(17-30-27)33-18-21-4-2-1-3-5-21;/h6-15,17,19,21H,1-5,16,18,29H2;1H. The minimum atomic E-state index is 0. The molecule has 0 amide bonds. The number of furan rings is 1. The molecular formula is C28H30ClN3O2. The number of rotatable bonds is 7. The lowest BCUT2D eigenvalue weighted by molar-refractivity contribution is 0.202. The average molecular weight is 476 g/mol. The molecule has 5 rings (SSSR count). The molecule has 4 aromatic rings. The first kappa shape index (κ1) is 24.0. The van der Waals surface area contributed by atoms with Gasteiger partial charge in [0.15, 0.2) is 0 Å². The monoisotopic (exact) mass is 475 g/mol. The summed E-state index contributed by atoms with van der Waals surface area (Å²) >= 11 is 0. The van der Waals surface area contributed by atoms with Gasteiger partial charge < -0.3 is 14.9 Å². The Hall–Kier alpha value is -3.15. The summed E-state index contributed by atoms with van der Waals surface area (Å²) in [6.45, 7) is 1.22. The molecule has 0 spiro atoms. The van der Waals surface area contributed by atoms with E-state index in [0.29, 0.717) is 24.9 Å². The Balaban J connectivity index is 0.00000274. The predicted octanol–water partition coefficient (Wildman–Crippen LogP) is 6.91. The van der Waals surface area contributed by atoms with Crippen LogP contribution in [0.4, 0.5) is 0 Å². The van der Waals surface area contributed by atoms with Crippen molar-refractivity contribution in [3.05, 3.63) is 78.9 Å². The maximum absolute atomic E-state index is 6.12. The van der Waals surface area contributed by atoms with Crippen molar-refractivity contribution in [1.82, 2.24) is 9.97 Å². The lowest BCUT2D eigenvalue weighted by Gasteiger charge is -2.21. The summed E-state index contributed by atoms with van der Waals surface area (Å²) in [5, 5.41) is 0. The fourth-order valence-electron chi connectivity index (χ4n) is 4.46. The van der Waals surface area contributed by atoms with Gasteiger partial charge in [0.05, 0.1) is 31.0 Å². The van der Waals surface area contributed by atoms with Crippen molar-refractivity contribution in [2.75, 3.05) is 6.61 Å². The van der Waals surface area contributed by atoms with Gasteiger partial charge in [-0.25, -0.2) is 9.97 Å². The summed E-state index contributed by atoms with van der Waals surface area (Å²) in [6, 6.07) is 18.5. The smallest absolute Gasteiger partial charge is 0.232 e. The highest BCUT2D eigenvalue weighted by Gasteiger charge is 2.17. The molecule has 6 heteroatoms. The number of benzene rings is 2. The van der Waals surface area contributed by atoms with Crippen molar-refractivity contribution in [3.63, 3.8) is 0 Å². The second-order valence-corrected chi connectivity index (χ2v) is 8.71. The molecule has 2 aromatic heterocycles. The van der Waals surface area contributed by atoms with Gasteiger partial charge >= 0.3 is 0 Å². The van der Waals surface area contributed by atoms with Crippen molar-refractivity contribution < 1.29 is 9.15 Å². The van der Waals surface area contributed by atoms with Gasteiger partial charge in [-0.2, -0.15) is 0 Å². The third-order valence-corrected chi connectivity index (χ3v) is 6.42. The van der Waals surface area contributed by atoms with Crippen molar-refractivity contribution in [2.24, 2.45) is 11.7 Å². The molecule has 2 heterocycles. The highest BCUT2D eigenvalue weighted by molar-refractivity contribution is 5.85. The van der Waals surface area contributed by atoms with Crippen LogP contribution in [-0.4, -0.2) is 16.6 Å². The van der Waals surface area contributed by atoms with Gasteiger partial charge in [-0.15, -0.1) is 12.4 Å². The SMILES string of the molecule is Cl.NCc1ccc(-c2ncc(OCC3CCCCC3)nc2-c2ccc(-c3ccoc3)cc2)cc1. The number of hydrogen-bond acceptors (Lipinski definition) is 5. The van der Waals surface area contributed by atoms with E-state index in [2.05, 4.69) is 36.4 Å². The zero-order chi connectivity index (χ0) is 22.5. The third kappa shape index (κ3) is 5.49. The zero-order valence-corrected chi connectivity index (χ0v) is 20.0. The van der Waals surface area contributed by atoms with Crippen molar-refractivity contribution >= 4 is 12.4 Å². The number of aromatic nitrogens is 2. The second-order valence-electron chi connectivity index (χ2n) is 8.71. The van der Waals surface area contributed by atoms with Crippen LogP contribution in [0.2, 0.25) is 0 Å². The van der Waals surface area contributed by atoms with Crippen molar-refractivity contribution in [3.8, 4) is 39.5 Å². The molecular weight excluding hydrogens is 446 g/mol. The van der Waals surface area contributed by atoms with Crippen molar-refractivity contribution in [2.45, 2.75) is 38.6 Å². The van der Waals surface area contributed by atoms with E-state index in [4.69, 9.17) is 24.9 Å². The van der Waals surface area contributed by atoms with Crippen LogP contribution in [0.5, 0.6) is 5.88 Å². The van der Waals surface area contributed by atoms with Gasteiger partial charge in [-0.1, -0.05) is 67.8 Å². The summed E-state index contributed by atoms with van der Waals surface area (Å²) in [5.74, 6) is 1.19. The summed E-state index contributed by atoms with van der Waals surface area (Å²) in [6.07, 6.45) is 11.6. The Morgan fingerprint density at radius 2 is 1.50 bits per heavy atom. The first-order valence-electron chi connectivity index (χ1n) is 11.7. The summed E-state index contributed by atoms with van der Waals surface area (Å²) in [7, 11) is 0. The van der Waals surface area contributed by atoms with Gasteiger partial charge in [0.25, 0.3) is 0 Å². The molecule has 1 fully saturated rings. The molecule has 0 bridgehead atoms. The van der Waals surface area contributed by atoms with Gasteiger partial charge in [0.1, 0.15) is 5.69 Å². The Kier molecular flexibility index (Phi) is 7.99. The number of ether oxygens (including phenoxy) is 1. The van der Waals surface area contributed by atoms with E-state index in [9.17, 15) is 0 Å². The van der Waals surface area contributed by atoms with Gasteiger partial charge in [0, 0.05) is 23.2 Å². The Morgan fingerprint density at radius 3 is 2.18 bits per heavy atom. The maximum atomic E-state index is 6.12. The fraction of sp³-hybridized carbons (Fsp3) is 0.286. The molecule has 0 unspecified atom stereocenters. The molecule has 1 aliphatic rings. The van der Waals surface area contributed by atoms with Gasteiger partial charge in [0.2, 0.25) is 5.88 Å². The minimum absolute atomic E-state index is 0. The molecule has 1 aliphatic carbocycles. The molecule has 0 saturated heterocycles. The van der Waals surface area contributed by atoms with Crippen LogP contribution in [0.1, 0.15) is 37.7 Å². The Bertz CT molecular complexity index is 1170. The molecule has 0 atom stereocenters. The zero-order valence-electron chi connectivity index (χ0n) is 19.2. The first-order valence-corrected chi connectivity index (χ1v) is 11.7. The predicted molar refractivity (Wildman–Crippen MR) is 138 cm³/mol. The normalized spacial score (nSPS) is 13.9. The lowest BCUT2D eigenvalue weighted by atomic mass is 9.90. The fourth-order valence-corrected chi connectivity index (χ4v) is 4.46.